The predicted molar refractivity (Wildman–Crippen MR) is 50.8 cm³/mol. The third-order valence-corrected chi connectivity index (χ3v) is 2.72. The van der Waals surface area contributed by atoms with E-state index in [4.69, 9.17) is 5.11 Å². The standard InChI is InChI=1S/C8H13BrO4/c1-3-4-5(8(12)13-2)6(9)7(10)11/h5-6H,3-4H2,1-2H3,(H,10,11)/t5-,6+/m1/s1. The molecule has 0 fully saturated rings. The van der Waals surface area contributed by atoms with Crippen LogP contribution in [0.15, 0.2) is 0 Å². The predicted octanol–water partition coefficient (Wildman–Crippen LogP) is 1.42. The highest BCUT2D eigenvalue weighted by atomic mass is 79.9. The van der Waals surface area contributed by atoms with Crippen LogP contribution in [0, 0.1) is 5.92 Å². The third kappa shape index (κ3) is 3.76. The van der Waals surface area contributed by atoms with Gasteiger partial charge in [0.2, 0.25) is 0 Å². The quantitative estimate of drug-likeness (QED) is 0.594. The average molecular weight is 253 g/mol. The van der Waals surface area contributed by atoms with Crippen molar-refractivity contribution in [3.8, 4) is 0 Å². The molecule has 5 heteroatoms. The number of alkyl halides is 1. The van der Waals surface area contributed by atoms with Gasteiger partial charge in [0.25, 0.3) is 0 Å². The molecule has 0 aromatic heterocycles. The first kappa shape index (κ1) is 12.4. The number of esters is 1. The van der Waals surface area contributed by atoms with E-state index in [0.29, 0.717) is 6.42 Å². The van der Waals surface area contributed by atoms with E-state index in [9.17, 15) is 9.59 Å². The van der Waals surface area contributed by atoms with E-state index in [1.54, 1.807) is 0 Å². The smallest absolute Gasteiger partial charge is 0.318 e. The van der Waals surface area contributed by atoms with Gasteiger partial charge in [-0.2, -0.15) is 0 Å². The summed E-state index contributed by atoms with van der Waals surface area (Å²) in [6.07, 6.45) is 1.25. The van der Waals surface area contributed by atoms with Gasteiger partial charge in [-0.3, -0.25) is 9.59 Å². The summed E-state index contributed by atoms with van der Waals surface area (Å²) in [6, 6.07) is 0. The lowest BCUT2D eigenvalue weighted by Crippen LogP contribution is -2.31. The number of methoxy groups -OCH3 is 1. The molecule has 0 amide bonds. The number of carbonyl (C=O) groups is 2. The molecule has 0 saturated carbocycles. The summed E-state index contributed by atoms with van der Waals surface area (Å²) in [7, 11) is 1.26. The Hall–Kier alpha value is -0.580. The lowest BCUT2D eigenvalue weighted by Gasteiger charge is -2.15. The molecule has 76 valence electrons. The lowest BCUT2D eigenvalue weighted by atomic mass is 10.0. The van der Waals surface area contributed by atoms with Crippen molar-refractivity contribution in [3.63, 3.8) is 0 Å². The molecule has 13 heavy (non-hydrogen) atoms. The molecule has 2 atom stereocenters. The number of aliphatic carboxylic acids is 1. The van der Waals surface area contributed by atoms with Crippen LogP contribution in [-0.4, -0.2) is 29.0 Å². The average Bonchev–Trinajstić information content (AvgIpc) is 2.11. The Morgan fingerprint density at radius 1 is 1.54 bits per heavy atom. The highest BCUT2D eigenvalue weighted by Crippen LogP contribution is 2.20. The first-order valence-corrected chi connectivity index (χ1v) is 4.90. The second kappa shape index (κ2) is 5.96. The van der Waals surface area contributed by atoms with Gasteiger partial charge in [-0.25, -0.2) is 0 Å². The molecule has 1 N–H and O–H groups in total. The topological polar surface area (TPSA) is 63.6 Å². The fourth-order valence-corrected chi connectivity index (χ4v) is 1.50. The molecule has 0 bridgehead atoms. The third-order valence-electron chi connectivity index (χ3n) is 1.69. The number of carboxylic acids is 1. The van der Waals surface area contributed by atoms with Gasteiger partial charge in [0, 0.05) is 0 Å². The van der Waals surface area contributed by atoms with Gasteiger partial charge >= 0.3 is 11.9 Å². The van der Waals surface area contributed by atoms with Crippen LogP contribution in [0.25, 0.3) is 0 Å². The van der Waals surface area contributed by atoms with Crippen LogP contribution < -0.4 is 0 Å². The van der Waals surface area contributed by atoms with Crippen LogP contribution in [0.2, 0.25) is 0 Å². The number of carboxylic acid groups (broad SMARTS) is 1. The van der Waals surface area contributed by atoms with E-state index < -0.39 is 22.7 Å². The number of rotatable bonds is 5. The van der Waals surface area contributed by atoms with Gasteiger partial charge in [0.15, 0.2) is 0 Å². The van der Waals surface area contributed by atoms with Crippen molar-refractivity contribution in [3.05, 3.63) is 0 Å². The van der Waals surface area contributed by atoms with Crippen LogP contribution in [0.3, 0.4) is 0 Å². The van der Waals surface area contributed by atoms with Crippen molar-refractivity contribution in [1.82, 2.24) is 0 Å². The summed E-state index contributed by atoms with van der Waals surface area (Å²) < 4.78 is 4.50. The number of hydrogen-bond acceptors (Lipinski definition) is 3. The minimum Gasteiger partial charge on any atom is -0.480 e. The van der Waals surface area contributed by atoms with Crippen molar-refractivity contribution in [1.29, 1.82) is 0 Å². The summed E-state index contributed by atoms with van der Waals surface area (Å²) in [5.41, 5.74) is 0. The Kier molecular flexibility index (Phi) is 5.70. The Morgan fingerprint density at radius 2 is 2.08 bits per heavy atom. The van der Waals surface area contributed by atoms with Crippen LogP contribution in [0.5, 0.6) is 0 Å². The van der Waals surface area contributed by atoms with Crippen molar-refractivity contribution < 1.29 is 19.4 Å². The molecule has 0 saturated heterocycles. The fourth-order valence-electron chi connectivity index (χ4n) is 1.02. The van der Waals surface area contributed by atoms with Gasteiger partial charge in [-0.1, -0.05) is 29.3 Å². The molecule has 0 rings (SSSR count). The zero-order chi connectivity index (χ0) is 10.4. The highest BCUT2D eigenvalue weighted by molar-refractivity contribution is 9.10. The minimum absolute atomic E-state index is 0.480. The van der Waals surface area contributed by atoms with Crippen molar-refractivity contribution in [2.24, 2.45) is 5.92 Å². The summed E-state index contributed by atoms with van der Waals surface area (Å²) >= 11 is 2.95. The van der Waals surface area contributed by atoms with E-state index in [2.05, 4.69) is 20.7 Å². The van der Waals surface area contributed by atoms with E-state index in [1.807, 2.05) is 6.92 Å². The summed E-state index contributed by atoms with van der Waals surface area (Å²) in [5.74, 6) is -2.12. The first-order valence-electron chi connectivity index (χ1n) is 3.99. The number of carbonyl (C=O) groups excluding carboxylic acids is 1. The van der Waals surface area contributed by atoms with Gasteiger partial charge in [0.05, 0.1) is 13.0 Å². The molecule has 0 radical (unpaired) electrons. The molecule has 0 spiro atoms. The van der Waals surface area contributed by atoms with E-state index >= 15 is 0 Å². The summed E-state index contributed by atoms with van der Waals surface area (Å²) in [5, 5.41) is 8.67. The monoisotopic (exact) mass is 252 g/mol. The van der Waals surface area contributed by atoms with Gasteiger partial charge in [-0.15, -0.1) is 0 Å². The van der Waals surface area contributed by atoms with Crippen molar-refractivity contribution in [2.75, 3.05) is 7.11 Å². The van der Waals surface area contributed by atoms with Crippen LogP contribution in [0.4, 0.5) is 0 Å². The zero-order valence-electron chi connectivity index (χ0n) is 7.62. The molecular weight excluding hydrogens is 240 g/mol. The second-order valence-corrected chi connectivity index (χ2v) is 3.64. The van der Waals surface area contributed by atoms with E-state index in [0.717, 1.165) is 6.42 Å². The SMILES string of the molecule is CCC[C@@H](C(=O)OC)[C@H](Br)C(=O)O. The first-order chi connectivity index (χ1) is 6.04. The zero-order valence-corrected chi connectivity index (χ0v) is 9.20. The molecular formula is C8H13BrO4. The van der Waals surface area contributed by atoms with E-state index in [1.165, 1.54) is 7.11 Å². The van der Waals surface area contributed by atoms with Gasteiger partial charge in [0.1, 0.15) is 4.83 Å². The maximum Gasteiger partial charge on any atom is 0.318 e. The lowest BCUT2D eigenvalue weighted by molar-refractivity contribution is -0.150. The molecule has 0 unspecified atom stereocenters. The van der Waals surface area contributed by atoms with Crippen LogP contribution >= 0.6 is 15.9 Å². The van der Waals surface area contributed by atoms with Gasteiger partial charge in [-0.05, 0) is 6.42 Å². The van der Waals surface area contributed by atoms with Crippen LogP contribution in [-0.2, 0) is 14.3 Å². The van der Waals surface area contributed by atoms with Crippen molar-refractivity contribution in [2.45, 2.75) is 24.6 Å². The fraction of sp³-hybridized carbons (Fsp3) is 0.750. The van der Waals surface area contributed by atoms with Gasteiger partial charge < -0.3 is 9.84 Å². The Bertz CT molecular complexity index is 193. The summed E-state index contributed by atoms with van der Waals surface area (Å²) in [4.78, 5) is 20.9. The molecule has 0 heterocycles. The maximum absolute atomic E-state index is 11.1. The number of halogens is 1. The Morgan fingerprint density at radius 3 is 2.38 bits per heavy atom. The minimum atomic E-state index is -1.04. The van der Waals surface area contributed by atoms with Crippen molar-refractivity contribution >= 4 is 27.9 Å². The Balaban J connectivity index is 4.40. The summed E-state index contributed by atoms with van der Waals surface area (Å²) in [6.45, 7) is 1.89. The molecule has 0 aliphatic rings. The maximum atomic E-state index is 11.1. The van der Waals surface area contributed by atoms with E-state index in [-0.39, 0.29) is 0 Å². The molecule has 0 aliphatic carbocycles. The molecule has 0 aliphatic heterocycles. The number of ether oxygens (including phenoxy) is 1. The highest BCUT2D eigenvalue weighted by Gasteiger charge is 2.31. The largest absolute Gasteiger partial charge is 0.480 e. The molecule has 0 aromatic carbocycles. The van der Waals surface area contributed by atoms with Crippen LogP contribution in [0.1, 0.15) is 19.8 Å². The Labute approximate surface area is 85.4 Å². The normalized spacial score (nSPS) is 14.7. The number of hydrogen-bond donors (Lipinski definition) is 1. The molecule has 4 nitrogen and oxygen atoms in total. The second-order valence-electron chi connectivity index (χ2n) is 2.66. The molecule has 0 aromatic rings.